The molecule has 0 aliphatic carbocycles. The Bertz CT molecular complexity index is 824. The summed E-state index contributed by atoms with van der Waals surface area (Å²) in [6, 6.07) is 9.77. The molecule has 2 aromatic rings. The Morgan fingerprint density at radius 2 is 1.62 bits per heavy atom. The number of amides is 1. The number of benzene rings is 2. The lowest BCUT2D eigenvalue weighted by molar-refractivity contribution is -0.117. The number of methoxy groups -OCH3 is 2. The fourth-order valence-electron chi connectivity index (χ4n) is 2.92. The maximum atomic E-state index is 12.3. The molecule has 1 amide bonds. The standard InChI is InChI=1S/C22H27NO3/c1-14-11-16(3)19(12-15(14)2)17(4)23-22(24)10-8-18-7-9-20(25-5)21(13-18)26-6/h7-13,17H,1-6H3,(H,23,24)/b10-8+/t17-/m0/s1. The van der Waals surface area contributed by atoms with Crippen LogP contribution in [0.25, 0.3) is 6.08 Å². The van der Waals surface area contributed by atoms with Crippen LogP contribution in [0, 0.1) is 20.8 Å². The lowest BCUT2D eigenvalue weighted by Gasteiger charge is -2.17. The normalized spacial score (nSPS) is 12.1. The van der Waals surface area contributed by atoms with Crippen LogP contribution < -0.4 is 14.8 Å². The van der Waals surface area contributed by atoms with Gasteiger partial charge in [-0.15, -0.1) is 0 Å². The Morgan fingerprint density at radius 3 is 2.27 bits per heavy atom. The number of rotatable bonds is 6. The van der Waals surface area contributed by atoms with Crippen molar-refractivity contribution in [2.24, 2.45) is 0 Å². The van der Waals surface area contributed by atoms with Crippen LogP contribution in [-0.2, 0) is 4.79 Å². The van der Waals surface area contributed by atoms with Gasteiger partial charge in [0.15, 0.2) is 11.5 Å². The van der Waals surface area contributed by atoms with Crippen LogP contribution in [0.5, 0.6) is 11.5 Å². The molecule has 0 spiro atoms. The molecule has 0 radical (unpaired) electrons. The van der Waals surface area contributed by atoms with E-state index in [4.69, 9.17) is 9.47 Å². The molecule has 0 saturated carbocycles. The quantitative estimate of drug-likeness (QED) is 0.777. The van der Waals surface area contributed by atoms with Gasteiger partial charge in [-0.2, -0.15) is 0 Å². The van der Waals surface area contributed by atoms with E-state index in [9.17, 15) is 4.79 Å². The van der Waals surface area contributed by atoms with Gasteiger partial charge in [0.2, 0.25) is 5.91 Å². The molecule has 0 aliphatic heterocycles. The monoisotopic (exact) mass is 353 g/mol. The van der Waals surface area contributed by atoms with Crippen LogP contribution in [-0.4, -0.2) is 20.1 Å². The first-order valence-corrected chi connectivity index (χ1v) is 8.64. The first kappa shape index (κ1) is 19.6. The average Bonchev–Trinajstić information content (AvgIpc) is 2.62. The lowest BCUT2D eigenvalue weighted by atomic mass is 9.96. The number of ether oxygens (including phenoxy) is 2. The summed E-state index contributed by atoms with van der Waals surface area (Å²) >= 11 is 0. The molecule has 4 nitrogen and oxygen atoms in total. The molecule has 0 unspecified atom stereocenters. The third kappa shape index (κ3) is 4.66. The minimum Gasteiger partial charge on any atom is -0.493 e. The van der Waals surface area contributed by atoms with E-state index in [0.29, 0.717) is 11.5 Å². The Kier molecular flexibility index (Phi) is 6.45. The second kappa shape index (κ2) is 8.56. The molecule has 0 aromatic heterocycles. The molecule has 138 valence electrons. The minimum atomic E-state index is -0.134. The fourth-order valence-corrected chi connectivity index (χ4v) is 2.92. The molecule has 2 aromatic carbocycles. The molecule has 1 N–H and O–H groups in total. The summed E-state index contributed by atoms with van der Waals surface area (Å²) in [5.74, 6) is 1.16. The number of hydrogen-bond acceptors (Lipinski definition) is 3. The second-order valence-electron chi connectivity index (χ2n) is 6.47. The second-order valence-corrected chi connectivity index (χ2v) is 6.47. The van der Waals surface area contributed by atoms with E-state index in [1.165, 1.54) is 22.8 Å². The van der Waals surface area contributed by atoms with Crippen LogP contribution in [0.1, 0.15) is 40.8 Å². The summed E-state index contributed by atoms with van der Waals surface area (Å²) in [6.07, 6.45) is 3.30. The highest BCUT2D eigenvalue weighted by Crippen LogP contribution is 2.28. The van der Waals surface area contributed by atoms with Crippen LogP contribution in [0.3, 0.4) is 0 Å². The summed E-state index contributed by atoms with van der Waals surface area (Å²) in [5, 5.41) is 3.02. The molecule has 0 bridgehead atoms. The number of carbonyl (C=O) groups excluding carboxylic acids is 1. The van der Waals surface area contributed by atoms with Crippen molar-refractivity contribution in [2.45, 2.75) is 33.7 Å². The van der Waals surface area contributed by atoms with Crippen molar-refractivity contribution in [3.63, 3.8) is 0 Å². The molecule has 0 fully saturated rings. The van der Waals surface area contributed by atoms with Crippen molar-refractivity contribution in [1.82, 2.24) is 5.32 Å². The van der Waals surface area contributed by atoms with Gasteiger partial charge in [0, 0.05) is 6.08 Å². The topological polar surface area (TPSA) is 47.6 Å². The highest BCUT2D eigenvalue weighted by atomic mass is 16.5. The Hall–Kier alpha value is -2.75. The van der Waals surface area contributed by atoms with E-state index in [0.717, 1.165) is 11.1 Å². The maximum Gasteiger partial charge on any atom is 0.244 e. The van der Waals surface area contributed by atoms with Crippen LogP contribution >= 0.6 is 0 Å². The molecule has 0 aliphatic rings. The van der Waals surface area contributed by atoms with Crippen molar-refractivity contribution >= 4 is 12.0 Å². The van der Waals surface area contributed by atoms with Gasteiger partial charge >= 0.3 is 0 Å². The Labute approximate surface area is 155 Å². The fraction of sp³-hybridized carbons (Fsp3) is 0.318. The van der Waals surface area contributed by atoms with E-state index >= 15 is 0 Å². The summed E-state index contributed by atoms with van der Waals surface area (Å²) in [5.41, 5.74) is 5.68. The summed E-state index contributed by atoms with van der Waals surface area (Å²) in [4.78, 5) is 12.3. The zero-order chi connectivity index (χ0) is 19.3. The van der Waals surface area contributed by atoms with Crippen molar-refractivity contribution < 1.29 is 14.3 Å². The molecule has 2 rings (SSSR count). The van der Waals surface area contributed by atoms with Gasteiger partial charge in [-0.25, -0.2) is 0 Å². The van der Waals surface area contributed by atoms with Crippen LogP contribution in [0.2, 0.25) is 0 Å². The van der Waals surface area contributed by atoms with E-state index in [1.807, 2.05) is 25.1 Å². The molecular formula is C22H27NO3. The van der Waals surface area contributed by atoms with Crippen molar-refractivity contribution in [3.05, 3.63) is 64.2 Å². The van der Waals surface area contributed by atoms with Gasteiger partial charge in [0.05, 0.1) is 20.3 Å². The number of nitrogens with one attached hydrogen (secondary N) is 1. The number of aryl methyl sites for hydroxylation is 3. The summed E-state index contributed by atoms with van der Waals surface area (Å²) in [6.45, 7) is 8.26. The summed E-state index contributed by atoms with van der Waals surface area (Å²) in [7, 11) is 3.18. The Morgan fingerprint density at radius 1 is 0.962 bits per heavy atom. The van der Waals surface area contributed by atoms with Gasteiger partial charge in [-0.1, -0.05) is 18.2 Å². The van der Waals surface area contributed by atoms with Crippen LogP contribution in [0.15, 0.2) is 36.4 Å². The van der Waals surface area contributed by atoms with Gasteiger partial charge in [-0.3, -0.25) is 4.79 Å². The maximum absolute atomic E-state index is 12.3. The lowest BCUT2D eigenvalue weighted by Crippen LogP contribution is -2.25. The van der Waals surface area contributed by atoms with E-state index < -0.39 is 0 Å². The first-order valence-electron chi connectivity index (χ1n) is 8.64. The highest BCUT2D eigenvalue weighted by molar-refractivity contribution is 5.92. The predicted octanol–water partition coefficient (Wildman–Crippen LogP) is 4.52. The molecular weight excluding hydrogens is 326 g/mol. The SMILES string of the molecule is COc1ccc(/C=C/C(=O)N[C@@H](C)c2cc(C)c(C)cc2C)cc1OC. The highest BCUT2D eigenvalue weighted by Gasteiger charge is 2.11. The minimum absolute atomic E-state index is 0.0585. The van der Waals surface area contributed by atoms with Gasteiger partial charge < -0.3 is 14.8 Å². The smallest absolute Gasteiger partial charge is 0.244 e. The molecule has 26 heavy (non-hydrogen) atoms. The van der Waals surface area contributed by atoms with Gasteiger partial charge in [0.25, 0.3) is 0 Å². The zero-order valence-electron chi connectivity index (χ0n) is 16.3. The number of carbonyl (C=O) groups is 1. The van der Waals surface area contributed by atoms with Crippen molar-refractivity contribution in [1.29, 1.82) is 0 Å². The first-order chi connectivity index (χ1) is 12.3. The van der Waals surface area contributed by atoms with Crippen molar-refractivity contribution in [3.8, 4) is 11.5 Å². The number of hydrogen-bond donors (Lipinski definition) is 1. The molecule has 4 heteroatoms. The third-order valence-electron chi connectivity index (χ3n) is 4.54. The largest absolute Gasteiger partial charge is 0.493 e. The molecule has 1 atom stereocenters. The zero-order valence-corrected chi connectivity index (χ0v) is 16.3. The van der Waals surface area contributed by atoms with Crippen molar-refractivity contribution in [2.75, 3.05) is 14.2 Å². The van der Waals surface area contributed by atoms with E-state index in [1.54, 1.807) is 20.3 Å². The molecule has 0 heterocycles. The molecule has 0 saturated heterocycles. The van der Waals surface area contributed by atoms with Crippen LogP contribution in [0.4, 0.5) is 0 Å². The third-order valence-corrected chi connectivity index (χ3v) is 4.54. The van der Waals surface area contributed by atoms with Gasteiger partial charge in [-0.05, 0) is 73.7 Å². The summed E-state index contributed by atoms with van der Waals surface area (Å²) < 4.78 is 10.5. The van der Waals surface area contributed by atoms with Gasteiger partial charge in [0.1, 0.15) is 0 Å². The van der Waals surface area contributed by atoms with E-state index in [2.05, 4.69) is 38.2 Å². The average molecular weight is 353 g/mol. The predicted molar refractivity (Wildman–Crippen MR) is 106 cm³/mol. The Balaban J connectivity index is 2.08. The van der Waals surface area contributed by atoms with E-state index in [-0.39, 0.29) is 11.9 Å².